The van der Waals surface area contributed by atoms with Crippen LogP contribution in [0.4, 0.5) is 0 Å². The Kier molecular flexibility index (Phi) is 2.37. The molecule has 0 amide bonds. The van der Waals surface area contributed by atoms with E-state index in [9.17, 15) is 5.11 Å². The van der Waals surface area contributed by atoms with Crippen LogP contribution in [0.2, 0.25) is 0 Å². The van der Waals surface area contributed by atoms with Crippen molar-refractivity contribution in [1.29, 1.82) is 0 Å². The van der Waals surface area contributed by atoms with Crippen LogP contribution in [0.1, 0.15) is 11.7 Å². The third kappa shape index (κ3) is 1.43. The van der Waals surface area contributed by atoms with Crippen LogP contribution in [-0.2, 0) is 0 Å². The fourth-order valence-corrected chi connectivity index (χ4v) is 2.52. The average molecular weight is 279 g/mol. The first-order valence-electron chi connectivity index (χ1n) is 5.24. The molecule has 0 fully saturated rings. The van der Waals surface area contributed by atoms with E-state index < -0.39 is 6.10 Å². The van der Waals surface area contributed by atoms with Crippen LogP contribution >= 0.6 is 15.9 Å². The maximum absolute atomic E-state index is 10.1. The second-order valence-corrected chi connectivity index (χ2v) is 5.15. The quantitative estimate of drug-likeness (QED) is 0.751. The molecule has 3 rings (SSSR count). The highest BCUT2D eigenvalue weighted by Gasteiger charge is 2.28. The van der Waals surface area contributed by atoms with E-state index in [1.807, 2.05) is 36.4 Å². The van der Waals surface area contributed by atoms with Gasteiger partial charge in [0.25, 0.3) is 0 Å². The van der Waals surface area contributed by atoms with Crippen molar-refractivity contribution in [3.8, 4) is 5.75 Å². The molecule has 2 aromatic rings. The zero-order valence-electron chi connectivity index (χ0n) is 8.56. The third-order valence-electron chi connectivity index (χ3n) is 2.96. The number of halogens is 1. The maximum atomic E-state index is 10.1. The number of ether oxygens (including phenoxy) is 1. The predicted octanol–water partition coefficient (Wildman–Crippen LogP) is 3.03. The first kappa shape index (κ1) is 10.1. The van der Waals surface area contributed by atoms with Gasteiger partial charge in [-0.15, -0.1) is 0 Å². The van der Waals surface area contributed by atoms with Gasteiger partial charge in [0.05, 0.1) is 10.9 Å². The van der Waals surface area contributed by atoms with Gasteiger partial charge in [-0.3, -0.25) is 0 Å². The summed E-state index contributed by atoms with van der Waals surface area (Å²) < 4.78 is 5.71. The molecule has 1 aliphatic rings. The van der Waals surface area contributed by atoms with Gasteiger partial charge < -0.3 is 9.84 Å². The van der Waals surface area contributed by atoms with E-state index in [0.29, 0.717) is 6.61 Å². The molecule has 2 aromatic carbocycles. The Morgan fingerprint density at radius 1 is 1.19 bits per heavy atom. The first-order chi connectivity index (χ1) is 7.77. The minimum atomic E-state index is -0.492. The van der Waals surface area contributed by atoms with E-state index in [1.54, 1.807) is 0 Å². The summed E-state index contributed by atoms with van der Waals surface area (Å²) in [5, 5.41) is 12.3. The average Bonchev–Trinajstić information content (AvgIpc) is 2.33. The van der Waals surface area contributed by atoms with Crippen molar-refractivity contribution in [2.45, 2.75) is 10.9 Å². The summed E-state index contributed by atoms with van der Waals surface area (Å²) in [7, 11) is 0. The van der Waals surface area contributed by atoms with E-state index in [-0.39, 0.29) is 4.83 Å². The lowest BCUT2D eigenvalue weighted by molar-refractivity contribution is 0.126. The van der Waals surface area contributed by atoms with Gasteiger partial charge in [0.1, 0.15) is 12.4 Å². The van der Waals surface area contributed by atoms with E-state index in [4.69, 9.17) is 4.74 Å². The molecule has 82 valence electrons. The van der Waals surface area contributed by atoms with Crippen molar-refractivity contribution in [3.63, 3.8) is 0 Å². The summed E-state index contributed by atoms with van der Waals surface area (Å²) in [5.74, 6) is 0.821. The highest BCUT2D eigenvalue weighted by molar-refractivity contribution is 9.09. The third-order valence-corrected chi connectivity index (χ3v) is 3.72. The summed E-state index contributed by atoms with van der Waals surface area (Å²) in [6.07, 6.45) is -0.492. The second kappa shape index (κ2) is 3.75. The normalized spacial score (nSPS) is 23.9. The molecule has 2 nitrogen and oxygen atoms in total. The maximum Gasteiger partial charge on any atom is 0.133 e. The van der Waals surface area contributed by atoms with Crippen LogP contribution < -0.4 is 4.74 Å². The summed E-state index contributed by atoms with van der Waals surface area (Å²) >= 11 is 3.41. The fraction of sp³-hybridized carbons (Fsp3) is 0.231. The molecule has 2 unspecified atom stereocenters. The van der Waals surface area contributed by atoms with Crippen molar-refractivity contribution >= 4 is 26.7 Å². The van der Waals surface area contributed by atoms with Crippen molar-refractivity contribution < 1.29 is 9.84 Å². The Morgan fingerprint density at radius 3 is 2.88 bits per heavy atom. The Balaban J connectivity index is 2.27. The van der Waals surface area contributed by atoms with Gasteiger partial charge in [-0.2, -0.15) is 0 Å². The SMILES string of the molecule is OC1c2ccc3ccccc3c2OCC1Br. The summed E-state index contributed by atoms with van der Waals surface area (Å²) in [6, 6.07) is 12.0. The molecular weight excluding hydrogens is 268 g/mol. The highest BCUT2D eigenvalue weighted by atomic mass is 79.9. The number of rotatable bonds is 0. The van der Waals surface area contributed by atoms with E-state index in [1.165, 1.54) is 0 Å². The molecule has 0 radical (unpaired) electrons. The minimum absolute atomic E-state index is 0.0267. The molecule has 0 saturated carbocycles. The van der Waals surface area contributed by atoms with Crippen LogP contribution in [0.15, 0.2) is 36.4 Å². The number of hydrogen-bond acceptors (Lipinski definition) is 2. The van der Waals surface area contributed by atoms with Gasteiger partial charge in [0, 0.05) is 10.9 Å². The molecule has 0 saturated heterocycles. The molecule has 0 spiro atoms. The number of alkyl halides is 1. The second-order valence-electron chi connectivity index (χ2n) is 3.98. The molecule has 16 heavy (non-hydrogen) atoms. The van der Waals surface area contributed by atoms with Gasteiger partial charge in [-0.1, -0.05) is 52.3 Å². The highest BCUT2D eigenvalue weighted by Crippen LogP contribution is 2.39. The summed E-state index contributed by atoms with van der Waals surface area (Å²) in [4.78, 5) is -0.0267. The first-order valence-corrected chi connectivity index (χ1v) is 6.15. The Labute approximate surface area is 102 Å². The van der Waals surface area contributed by atoms with Crippen molar-refractivity contribution in [3.05, 3.63) is 42.0 Å². The van der Waals surface area contributed by atoms with Gasteiger partial charge >= 0.3 is 0 Å². The number of aliphatic hydroxyl groups excluding tert-OH is 1. The smallest absolute Gasteiger partial charge is 0.133 e. The van der Waals surface area contributed by atoms with Crippen molar-refractivity contribution in [2.75, 3.05) is 6.61 Å². The summed E-state index contributed by atoms with van der Waals surface area (Å²) in [5.41, 5.74) is 0.867. The predicted molar refractivity (Wildman–Crippen MR) is 67.1 cm³/mol. The molecule has 0 aromatic heterocycles. The van der Waals surface area contributed by atoms with Crippen molar-refractivity contribution in [1.82, 2.24) is 0 Å². The van der Waals surface area contributed by atoms with Gasteiger partial charge in [0.15, 0.2) is 0 Å². The summed E-state index contributed by atoms with van der Waals surface area (Å²) in [6.45, 7) is 0.502. The monoisotopic (exact) mass is 278 g/mol. The molecular formula is C13H11BrO2. The molecule has 1 heterocycles. The number of aliphatic hydroxyl groups is 1. The van der Waals surface area contributed by atoms with E-state index in [2.05, 4.69) is 15.9 Å². The van der Waals surface area contributed by atoms with Gasteiger partial charge in [-0.25, -0.2) is 0 Å². The number of fused-ring (bicyclic) bond motifs is 3. The minimum Gasteiger partial charge on any atom is -0.491 e. The zero-order chi connectivity index (χ0) is 11.1. The zero-order valence-corrected chi connectivity index (χ0v) is 10.1. The Morgan fingerprint density at radius 2 is 2.00 bits per heavy atom. The fourth-order valence-electron chi connectivity index (χ4n) is 2.10. The van der Waals surface area contributed by atoms with Crippen LogP contribution in [0, 0.1) is 0 Å². The molecule has 3 heteroatoms. The molecule has 0 aliphatic carbocycles. The topological polar surface area (TPSA) is 29.5 Å². The van der Waals surface area contributed by atoms with E-state index in [0.717, 1.165) is 22.1 Å². The lowest BCUT2D eigenvalue weighted by Crippen LogP contribution is -2.25. The Bertz CT molecular complexity index is 538. The largest absolute Gasteiger partial charge is 0.491 e. The molecule has 1 N–H and O–H groups in total. The van der Waals surface area contributed by atoms with Gasteiger partial charge in [-0.05, 0) is 5.39 Å². The van der Waals surface area contributed by atoms with Crippen LogP contribution in [0.3, 0.4) is 0 Å². The standard InChI is InChI=1S/C13H11BrO2/c14-11-7-16-13-9-4-2-1-3-8(9)5-6-10(13)12(11)15/h1-6,11-12,15H,7H2. The number of benzene rings is 2. The lowest BCUT2D eigenvalue weighted by Gasteiger charge is -2.27. The number of hydrogen-bond donors (Lipinski definition) is 1. The molecule has 2 atom stereocenters. The molecule has 0 bridgehead atoms. The Hall–Kier alpha value is -1.06. The van der Waals surface area contributed by atoms with Crippen molar-refractivity contribution in [2.24, 2.45) is 0 Å². The van der Waals surface area contributed by atoms with E-state index >= 15 is 0 Å². The van der Waals surface area contributed by atoms with Crippen LogP contribution in [0.5, 0.6) is 5.75 Å². The van der Waals surface area contributed by atoms with Crippen LogP contribution in [-0.4, -0.2) is 16.5 Å². The van der Waals surface area contributed by atoms with Gasteiger partial charge in [0.2, 0.25) is 0 Å². The molecule has 1 aliphatic heterocycles. The van der Waals surface area contributed by atoms with Crippen LogP contribution in [0.25, 0.3) is 10.8 Å². The lowest BCUT2D eigenvalue weighted by atomic mass is 9.98.